The van der Waals surface area contributed by atoms with E-state index in [-0.39, 0.29) is 10.6 Å². The van der Waals surface area contributed by atoms with E-state index in [1.807, 2.05) is 6.92 Å². The smallest absolute Gasteiger partial charge is 0.231 e. The predicted molar refractivity (Wildman–Crippen MR) is 67.4 cm³/mol. The van der Waals surface area contributed by atoms with Crippen LogP contribution in [0.3, 0.4) is 0 Å². The molecule has 0 spiro atoms. The zero-order chi connectivity index (χ0) is 13.5. The van der Waals surface area contributed by atoms with Crippen molar-refractivity contribution in [1.29, 1.82) is 0 Å². The molecule has 6 nitrogen and oxygen atoms in total. The molecule has 1 unspecified atom stereocenters. The summed E-state index contributed by atoms with van der Waals surface area (Å²) in [5.74, 6) is 0. The van der Waals surface area contributed by atoms with Crippen LogP contribution in [0.1, 0.15) is 26.0 Å². The third-order valence-corrected chi connectivity index (χ3v) is 2.62. The Hall–Kier alpha value is -2.24. The standard InChI is InChI=1S/C12H15N3O3/c1-3-10(9(2)15(17)18)8-12(14-16)11-6-4-5-7-13-11/h4-9,16H,3H2,1-2H3. The fraction of sp³-hybridized carbons (Fsp3) is 0.333. The molecule has 0 saturated heterocycles. The summed E-state index contributed by atoms with van der Waals surface area (Å²) < 4.78 is 0. The van der Waals surface area contributed by atoms with Crippen LogP contribution in [-0.2, 0) is 0 Å². The predicted octanol–water partition coefficient (Wildman–Crippen LogP) is 2.26. The topological polar surface area (TPSA) is 88.6 Å². The van der Waals surface area contributed by atoms with E-state index >= 15 is 0 Å². The van der Waals surface area contributed by atoms with Gasteiger partial charge in [-0.05, 0) is 24.6 Å². The van der Waals surface area contributed by atoms with Gasteiger partial charge in [-0.1, -0.05) is 18.1 Å². The largest absolute Gasteiger partial charge is 0.410 e. The lowest BCUT2D eigenvalue weighted by atomic mass is 10.0. The van der Waals surface area contributed by atoms with Crippen LogP contribution in [0.25, 0.3) is 0 Å². The van der Waals surface area contributed by atoms with Gasteiger partial charge < -0.3 is 5.21 Å². The first-order valence-corrected chi connectivity index (χ1v) is 5.57. The van der Waals surface area contributed by atoms with Gasteiger partial charge in [0.05, 0.1) is 5.69 Å². The van der Waals surface area contributed by atoms with Gasteiger partial charge in [-0.2, -0.15) is 0 Å². The van der Waals surface area contributed by atoms with Crippen molar-refractivity contribution in [1.82, 2.24) is 4.98 Å². The molecular formula is C12H15N3O3. The van der Waals surface area contributed by atoms with E-state index in [4.69, 9.17) is 5.21 Å². The third kappa shape index (κ3) is 3.38. The summed E-state index contributed by atoms with van der Waals surface area (Å²) in [5.41, 5.74) is 1.28. The van der Waals surface area contributed by atoms with Gasteiger partial charge in [-0.15, -0.1) is 0 Å². The Kier molecular flexibility index (Phi) is 4.98. The lowest BCUT2D eigenvalue weighted by molar-refractivity contribution is -0.507. The Morgan fingerprint density at radius 3 is 2.83 bits per heavy atom. The normalized spacial score (nSPS) is 14.3. The lowest BCUT2D eigenvalue weighted by Crippen LogP contribution is -2.18. The van der Waals surface area contributed by atoms with Gasteiger partial charge in [0.25, 0.3) is 0 Å². The van der Waals surface area contributed by atoms with Crippen LogP contribution in [0.5, 0.6) is 0 Å². The number of rotatable bonds is 5. The minimum atomic E-state index is -0.810. The van der Waals surface area contributed by atoms with Crippen LogP contribution in [-0.4, -0.2) is 26.9 Å². The van der Waals surface area contributed by atoms with E-state index < -0.39 is 6.04 Å². The van der Waals surface area contributed by atoms with Crippen LogP contribution >= 0.6 is 0 Å². The number of pyridine rings is 1. The SMILES string of the molecule is CCC(=CC(=NO)c1ccccn1)C(C)[N+](=O)[O-]. The molecule has 1 aromatic heterocycles. The summed E-state index contributed by atoms with van der Waals surface area (Å²) in [7, 11) is 0. The maximum atomic E-state index is 10.8. The van der Waals surface area contributed by atoms with Gasteiger partial charge in [-0.3, -0.25) is 15.1 Å². The minimum absolute atomic E-state index is 0.223. The highest BCUT2D eigenvalue weighted by Gasteiger charge is 2.18. The van der Waals surface area contributed by atoms with E-state index in [1.54, 1.807) is 24.4 Å². The zero-order valence-electron chi connectivity index (χ0n) is 10.3. The van der Waals surface area contributed by atoms with Gasteiger partial charge in [0.2, 0.25) is 6.04 Å². The molecule has 1 heterocycles. The average Bonchev–Trinajstić information content (AvgIpc) is 2.40. The number of hydrogen-bond donors (Lipinski definition) is 1. The number of aromatic nitrogens is 1. The Bertz CT molecular complexity index is 469. The van der Waals surface area contributed by atoms with Gasteiger partial charge in [0, 0.05) is 23.6 Å². The molecule has 1 rings (SSSR count). The van der Waals surface area contributed by atoms with E-state index in [9.17, 15) is 10.1 Å². The molecule has 0 aliphatic heterocycles. The molecule has 0 bridgehead atoms. The van der Waals surface area contributed by atoms with E-state index in [2.05, 4.69) is 10.1 Å². The highest BCUT2D eigenvalue weighted by molar-refractivity contribution is 6.07. The molecule has 18 heavy (non-hydrogen) atoms. The summed E-state index contributed by atoms with van der Waals surface area (Å²) in [5, 5.41) is 22.9. The summed E-state index contributed by atoms with van der Waals surface area (Å²) in [6.07, 6.45) is 3.58. The molecule has 0 aromatic carbocycles. The number of hydrogen-bond acceptors (Lipinski definition) is 5. The second-order valence-electron chi connectivity index (χ2n) is 3.73. The molecule has 0 aliphatic rings. The first-order valence-electron chi connectivity index (χ1n) is 5.57. The van der Waals surface area contributed by atoms with Crippen molar-refractivity contribution < 1.29 is 10.1 Å². The summed E-state index contributed by atoms with van der Waals surface area (Å²) in [6, 6.07) is 4.36. The highest BCUT2D eigenvalue weighted by Crippen LogP contribution is 2.12. The van der Waals surface area contributed by atoms with Crippen molar-refractivity contribution >= 4 is 5.71 Å². The van der Waals surface area contributed by atoms with Gasteiger partial charge in [0.1, 0.15) is 5.71 Å². The van der Waals surface area contributed by atoms with Crippen molar-refractivity contribution in [2.45, 2.75) is 26.3 Å². The van der Waals surface area contributed by atoms with Gasteiger partial charge >= 0.3 is 0 Å². The van der Waals surface area contributed by atoms with Crippen LogP contribution in [0.2, 0.25) is 0 Å². The summed E-state index contributed by atoms with van der Waals surface area (Å²) in [4.78, 5) is 14.4. The minimum Gasteiger partial charge on any atom is -0.410 e. The molecule has 1 N–H and O–H groups in total. The van der Waals surface area contributed by atoms with E-state index in [0.29, 0.717) is 17.7 Å². The van der Waals surface area contributed by atoms with E-state index in [0.717, 1.165) is 0 Å². The van der Waals surface area contributed by atoms with Crippen molar-refractivity contribution in [3.8, 4) is 0 Å². The maximum Gasteiger partial charge on any atom is 0.231 e. The summed E-state index contributed by atoms with van der Waals surface area (Å²) >= 11 is 0. The molecule has 0 fully saturated rings. The van der Waals surface area contributed by atoms with E-state index in [1.165, 1.54) is 13.0 Å². The third-order valence-electron chi connectivity index (χ3n) is 2.62. The molecule has 0 radical (unpaired) electrons. The first kappa shape index (κ1) is 13.8. The van der Waals surface area contributed by atoms with Crippen LogP contribution in [0, 0.1) is 10.1 Å². The molecule has 96 valence electrons. The lowest BCUT2D eigenvalue weighted by Gasteiger charge is -2.07. The number of oxime groups is 1. The molecule has 6 heteroatoms. The fourth-order valence-electron chi connectivity index (χ4n) is 1.50. The second-order valence-corrected chi connectivity index (χ2v) is 3.73. The van der Waals surface area contributed by atoms with Crippen LogP contribution in [0.15, 0.2) is 41.2 Å². The van der Waals surface area contributed by atoms with Crippen molar-refractivity contribution in [2.75, 3.05) is 0 Å². The Labute approximate surface area is 105 Å². The van der Waals surface area contributed by atoms with Gasteiger partial charge in [0.15, 0.2) is 0 Å². The quantitative estimate of drug-likeness (QED) is 0.375. The van der Waals surface area contributed by atoms with Crippen molar-refractivity contribution in [3.63, 3.8) is 0 Å². The maximum absolute atomic E-state index is 10.8. The number of nitro groups is 1. The molecule has 1 aromatic rings. The molecule has 0 saturated carbocycles. The number of nitrogens with zero attached hydrogens (tertiary/aromatic N) is 3. The number of allylic oxidation sites excluding steroid dienone is 1. The van der Waals surface area contributed by atoms with Gasteiger partial charge in [-0.25, -0.2) is 0 Å². The fourth-order valence-corrected chi connectivity index (χ4v) is 1.50. The van der Waals surface area contributed by atoms with Crippen molar-refractivity contribution in [2.24, 2.45) is 5.16 Å². The summed E-state index contributed by atoms with van der Waals surface area (Å²) in [6.45, 7) is 3.32. The average molecular weight is 249 g/mol. The van der Waals surface area contributed by atoms with Crippen LogP contribution < -0.4 is 0 Å². The highest BCUT2D eigenvalue weighted by atomic mass is 16.6. The molecule has 0 amide bonds. The van der Waals surface area contributed by atoms with Crippen molar-refractivity contribution in [3.05, 3.63) is 51.9 Å². The Morgan fingerprint density at radius 1 is 1.67 bits per heavy atom. The molecular weight excluding hydrogens is 234 g/mol. The first-order chi connectivity index (χ1) is 8.60. The zero-order valence-corrected chi connectivity index (χ0v) is 10.3. The Morgan fingerprint density at radius 2 is 2.39 bits per heavy atom. The second kappa shape index (κ2) is 6.48. The molecule has 0 aliphatic carbocycles. The molecule has 1 atom stereocenters. The monoisotopic (exact) mass is 249 g/mol. The Balaban J connectivity index is 3.07. The van der Waals surface area contributed by atoms with Crippen LogP contribution in [0.4, 0.5) is 0 Å².